The predicted octanol–water partition coefficient (Wildman–Crippen LogP) is 4.09. The van der Waals surface area contributed by atoms with Gasteiger partial charge in [-0.15, -0.1) is 0 Å². The highest BCUT2D eigenvalue weighted by Crippen LogP contribution is 2.31. The van der Waals surface area contributed by atoms with E-state index < -0.39 is 0 Å². The monoisotopic (exact) mass is 244 g/mol. The molecule has 0 aromatic heterocycles. The van der Waals surface area contributed by atoms with Gasteiger partial charge < -0.3 is 9.47 Å². The van der Waals surface area contributed by atoms with Gasteiger partial charge in [0.1, 0.15) is 12.4 Å². The van der Waals surface area contributed by atoms with Crippen LogP contribution in [0.25, 0.3) is 6.08 Å². The van der Waals surface area contributed by atoms with Gasteiger partial charge >= 0.3 is 0 Å². The minimum Gasteiger partial charge on any atom is -0.496 e. The van der Waals surface area contributed by atoms with Crippen LogP contribution in [-0.4, -0.2) is 7.11 Å². The van der Waals surface area contributed by atoms with Crippen molar-refractivity contribution < 1.29 is 9.47 Å². The number of rotatable bonds is 3. The van der Waals surface area contributed by atoms with Crippen LogP contribution in [0.3, 0.4) is 0 Å². The van der Waals surface area contributed by atoms with Gasteiger partial charge in [0.15, 0.2) is 0 Å². The first-order chi connectivity index (χ1) is 8.60. The maximum atomic E-state index is 5.57. The summed E-state index contributed by atoms with van der Waals surface area (Å²) in [5.41, 5.74) is 4.96. The number of fused-ring (bicyclic) bond motifs is 1. The maximum Gasteiger partial charge on any atom is 0.126 e. The van der Waals surface area contributed by atoms with Gasteiger partial charge in [-0.05, 0) is 44.9 Å². The molecule has 0 radical (unpaired) electrons. The van der Waals surface area contributed by atoms with Crippen molar-refractivity contribution >= 4 is 6.08 Å². The maximum absolute atomic E-state index is 5.57. The van der Waals surface area contributed by atoms with Crippen LogP contribution in [0.2, 0.25) is 0 Å². The summed E-state index contributed by atoms with van der Waals surface area (Å²) in [5.74, 6) is 1.88. The summed E-state index contributed by atoms with van der Waals surface area (Å²) in [7, 11) is 1.72. The Kier molecular flexibility index (Phi) is 3.75. The van der Waals surface area contributed by atoms with Gasteiger partial charge in [0.2, 0.25) is 0 Å². The Hall–Kier alpha value is -1.70. The molecule has 0 N–H and O–H groups in total. The van der Waals surface area contributed by atoms with Gasteiger partial charge in [0.05, 0.1) is 12.9 Å². The van der Waals surface area contributed by atoms with Crippen molar-refractivity contribution in [1.82, 2.24) is 0 Å². The fourth-order valence-electron chi connectivity index (χ4n) is 2.08. The van der Waals surface area contributed by atoms with Crippen molar-refractivity contribution in [2.24, 2.45) is 0 Å². The zero-order chi connectivity index (χ0) is 13.1. The van der Waals surface area contributed by atoms with E-state index >= 15 is 0 Å². The molecule has 0 saturated carbocycles. The Balaban J connectivity index is 2.40. The Labute approximate surface area is 109 Å². The SMILES string of the molecule is COc1cc(CC=C(C)C)cc2c1C=C(C)OC2. The third-order valence-electron chi connectivity index (χ3n) is 3.06. The van der Waals surface area contributed by atoms with Crippen LogP contribution in [-0.2, 0) is 17.8 Å². The summed E-state index contributed by atoms with van der Waals surface area (Å²) < 4.78 is 11.1. The van der Waals surface area contributed by atoms with E-state index in [9.17, 15) is 0 Å². The largest absolute Gasteiger partial charge is 0.496 e. The van der Waals surface area contributed by atoms with E-state index in [1.54, 1.807) is 7.11 Å². The van der Waals surface area contributed by atoms with Crippen molar-refractivity contribution in [3.63, 3.8) is 0 Å². The molecule has 0 fully saturated rings. The first-order valence-electron chi connectivity index (χ1n) is 6.24. The molecular weight excluding hydrogens is 224 g/mol. The Morgan fingerprint density at radius 1 is 1.39 bits per heavy atom. The second kappa shape index (κ2) is 5.30. The molecule has 0 spiro atoms. The molecule has 2 nitrogen and oxygen atoms in total. The third-order valence-corrected chi connectivity index (χ3v) is 3.06. The van der Waals surface area contributed by atoms with Crippen LogP contribution in [0.5, 0.6) is 5.75 Å². The third kappa shape index (κ3) is 2.76. The van der Waals surface area contributed by atoms with Crippen LogP contribution in [0.15, 0.2) is 29.5 Å². The Morgan fingerprint density at radius 3 is 2.83 bits per heavy atom. The molecule has 0 bridgehead atoms. The minimum atomic E-state index is 0.636. The van der Waals surface area contributed by atoms with E-state index in [2.05, 4.69) is 32.1 Å². The van der Waals surface area contributed by atoms with Gasteiger partial charge in [-0.3, -0.25) is 0 Å². The second-order valence-electron chi connectivity index (χ2n) is 4.90. The lowest BCUT2D eigenvalue weighted by Gasteiger charge is -2.19. The smallest absolute Gasteiger partial charge is 0.126 e. The summed E-state index contributed by atoms with van der Waals surface area (Å²) in [4.78, 5) is 0. The van der Waals surface area contributed by atoms with Crippen LogP contribution >= 0.6 is 0 Å². The molecule has 0 atom stereocenters. The average molecular weight is 244 g/mol. The van der Waals surface area contributed by atoms with Crippen LogP contribution in [0.4, 0.5) is 0 Å². The van der Waals surface area contributed by atoms with E-state index in [4.69, 9.17) is 9.47 Å². The van der Waals surface area contributed by atoms with Crippen molar-refractivity contribution in [2.45, 2.75) is 33.8 Å². The normalized spacial score (nSPS) is 13.2. The summed E-state index contributed by atoms with van der Waals surface area (Å²) in [6.07, 6.45) is 5.21. The van der Waals surface area contributed by atoms with Crippen molar-refractivity contribution in [3.8, 4) is 5.75 Å². The highest BCUT2D eigenvalue weighted by molar-refractivity contribution is 5.64. The Morgan fingerprint density at radius 2 is 2.17 bits per heavy atom. The zero-order valence-corrected chi connectivity index (χ0v) is 11.5. The lowest BCUT2D eigenvalue weighted by molar-refractivity contribution is 0.198. The number of ether oxygens (including phenoxy) is 2. The number of hydrogen-bond donors (Lipinski definition) is 0. The van der Waals surface area contributed by atoms with Crippen LogP contribution in [0.1, 0.15) is 37.5 Å². The van der Waals surface area contributed by atoms with Crippen molar-refractivity contribution in [2.75, 3.05) is 7.11 Å². The second-order valence-corrected chi connectivity index (χ2v) is 4.90. The summed E-state index contributed by atoms with van der Waals surface area (Å²) in [6.45, 7) is 6.84. The molecule has 0 saturated heterocycles. The van der Waals surface area contributed by atoms with Crippen LogP contribution < -0.4 is 4.74 Å². The number of methoxy groups -OCH3 is 1. The first kappa shape index (κ1) is 12.7. The molecule has 0 amide bonds. The van der Waals surface area contributed by atoms with Gasteiger partial charge in [-0.2, -0.15) is 0 Å². The highest BCUT2D eigenvalue weighted by atomic mass is 16.5. The number of allylic oxidation sites excluding steroid dienone is 3. The van der Waals surface area contributed by atoms with E-state index in [0.717, 1.165) is 23.5 Å². The Bertz CT molecular complexity index is 506. The molecule has 96 valence electrons. The predicted molar refractivity (Wildman–Crippen MR) is 74.6 cm³/mol. The molecule has 1 aromatic carbocycles. The molecule has 1 heterocycles. The molecule has 0 aliphatic carbocycles. The fraction of sp³-hybridized carbons (Fsp3) is 0.375. The molecule has 1 aromatic rings. The van der Waals surface area contributed by atoms with E-state index in [1.165, 1.54) is 16.7 Å². The fourth-order valence-corrected chi connectivity index (χ4v) is 2.08. The average Bonchev–Trinajstić information content (AvgIpc) is 2.35. The van der Waals surface area contributed by atoms with E-state index in [1.807, 2.05) is 13.0 Å². The highest BCUT2D eigenvalue weighted by Gasteiger charge is 2.14. The van der Waals surface area contributed by atoms with Gasteiger partial charge in [0.25, 0.3) is 0 Å². The zero-order valence-electron chi connectivity index (χ0n) is 11.5. The number of hydrogen-bond acceptors (Lipinski definition) is 2. The van der Waals surface area contributed by atoms with E-state index in [0.29, 0.717) is 6.61 Å². The molecule has 18 heavy (non-hydrogen) atoms. The van der Waals surface area contributed by atoms with Gasteiger partial charge in [-0.25, -0.2) is 0 Å². The quantitative estimate of drug-likeness (QED) is 0.745. The summed E-state index contributed by atoms with van der Waals surface area (Å²) in [6, 6.07) is 4.33. The lowest BCUT2D eigenvalue weighted by Crippen LogP contribution is -2.04. The van der Waals surface area contributed by atoms with Crippen molar-refractivity contribution in [3.05, 3.63) is 46.2 Å². The molecule has 2 rings (SSSR count). The molecule has 2 heteroatoms. The first-order valence-corrected chi connectivity index (χ1v) is 6.24. The molecule has 0 unspecified atom stereocenters. The van der Waals surface area contributed by atoms with E-state index in [-0.39, 0.29) is 0 Å². The van der Waals surface area contributed by atoms with Crippen molar-refractivity contribution in [1.29, 1.82) is 0 Å². The van der Waals surface area contributed by atoms with Gasteiger partial charge in [-0.1, -0.05) is 17.7 Å². The standard InChI is InChI=1S/C16H20O2/c1-11(2)5-6-13-8-14-10-18-12(3)7-15(14)16(9-13)17-4/h5,7-9H,6,10H2,1-4H3. The number of benzene rings is 1. The topological polar surface area (TPSA) is 18.5 Å². The minimum absolute atomic E-state index is 0.636. The van der Waals surface area contributed by atoms with Crippen LogP contribution in [0, 0.1) is 0 Å². The summed E-state index contributed by atoms with van der Waals surface area (Å²) in [5, 5.41) is 0. The van der Waals surface area contributed by atoms with Gasteiger partial charge in [0, 0.05) is 11.1 Å². The molecule has 1 aliphatic heterocycles. The lowest BCUT2D eigenvalue weighted by atomic mass is 9.99. The molecular formula is C16H20O2. The molecule has 1 aliphatic rings. The summed E-state index contributed by atoms with van der Waals surface area (Å²) >= 11 is 0.